The molecule has 2 aromatic rings. The first-order valence-corrected chi connectivity index (χ1v) is 9.05. The van der Waals surface area contributed by atoms with Gasteiger partial charge < -0.3 is 15.5 Å². The number of hydrazone groups is 1. The van der Waals surface area contributed by atoms with Gasteiger partial charge in [-0.15, -0.1) is 0 Å². The second-order valence-electron chi connectivity index (χ2n) is 6.01. The van der Waals surface area contributed by atoms with Gasteiger partial charge in [0.05, 0.1) is 11.9 Å². The molecule has 9 heteroatoms. The Kier molecular flexibility index (Phi) is 6.08. The molecule has 0 unspecified atom stereocenters. The molecule has 1 fully saturated rings. The monoisotopic (exact) mass is 409 g/mol. The van der Waals surface area contributed by atoms with Crippen molar-refractivity contribution < 1.29 is 8.78 Å². The fourth-order valence-corrected chi connectivity index (χ4v) is 3.17. The molecule has 0 spiro atoms. The lowest BCUT2D eigenvalue weighted by atomic mass is 10.1. The molecule has 0 radical (unpaired) electrons. The van der Waals surface area contributed by atoms with Crippen molar-refractivity contribution in [1.29, 1.82) is 0 Å². The molecule has 3 N–H and O–H groups in total. The van der Waals surface area contributed by atoms with Gasteiger partial charge >= 0.3 is 0 Å². The third-order valence-electron chi connectivity index (χ3n) is 4.24. The van der Waals surface area contributed by atoms with E-state index in [-0.39, 0.29) is 16.4 Å². The standard InChI is InChI=1S/C18H18ClF2N5S/c19-13-2-1-3-14(9-13)25-4-6-26(7-5-25)17-10-15(20)12(8-16(17)21)11-23-24-18(22)27/h1-3,8-11H,4-7H2,(H3,22,24,27). The molecule has 0 aliphatic carbocycles. The molecule has 27 heavy (non-hydrogen) atoms. The highest BCUT2D eigenvalue weighted by atomic mass is 35.5. The largest absolute Gasteiger partial charge is 0.375 e. The quantitative estimate of drug-likeness (QED) is 0.461. The van der Waals surface area contributed by atoms with Crippen molar-refractivity contribution in [1.82, 2.24) is 5.43 Å². The molecule has 3 rings (SSSR count). The normalized spacial score (nSPS) is 14.6. The first kappa shape index (κ1) is 19.3. The summed E-state index contributed by atoms with van der Waals surface area (Å²) in [6.45, 7) is 2.50. The van der Waals surface area contributed by atoms with Crippen LogP contribution in [0, 0.1) is 11.6 Å². The maximum absolute atomic E-state index is 14.5. The topological polar surface area (TPSA) is 56.9 Å². The minimum atomic E-state index is -0.572. The SMILES string of the molecule is NC(=S)NN=Cc1cc(F)c(N2CCN(c3cccc(Cl)c3)CC2)cc1F. The van der Waals surface area contributed by atoms with E-state index in [1.165, 1.54) is 6.07 Å². The smallest absolute Gasteiger partial charge is 0.184 e. The second-order valence-corrected chi connectivity index (χ2v) is 6.89. The minimum absolute atomic E-state index is 0.0116. The highest BCUT2D eigenvalue weighted by Gasteiger charge is 2.21. The zero-order valence-corrected chi connectivity index (χ0v) is 15.9. The van der Waals surface area contributed by atoms with Crippen LogP contribution >= 0.6 is 23.8 Å². The summed E-state index contributed by atoms with van der Waals surface area (Å²) in [6.07, 6.45) is 1.14. The average molecular weight is 410 g/mol. The molecule has 1 heterocycles. The number of hydrogen-bond acceptors (Lipinski definition) is 4. The van der Waals surface area contributed by atoms with E-state index in [1.54, 1.807) is 0 Å². The fraction of sp³-hybridized carbons (Fsp3) is 0.222. The van der Waals surface area contributed by atoms with Crippen molar-refractivity contribution in [2.75, 3.05) is 36.0 Å². The molecule has 0 atom stereocenters. The number of hydrogen-bond donors (Lipinski definition) is 2. The van der Waals surface area contributed by atoms with Gasteiger partial charge in [-0.1, -0.05) is 17.7 Å². The molecule has 0 aromatic heterocycles. The summed E-state index contributed by atoms with van der Waals surface area (Å²) in [5, 5.41) is 4.27. The van der Waals surface area contributed by atoms with Crippen LogP contribution < -0.4 is 21.0 Å². The van der Waals surface area contributed by atoms with Gasteiger partial charge in [-0.05, 0) is 36.5 Å². The predicted molar refractivity (Wildman–Crippen MR) is 110 cm³/mol. The summed E-state index contributed by atoms with van der Waals surface area (Å²) in [7, 11) is 0. The summed E-state index contributed by atoms with van der Waals surface area (Å²) in [5.74, 6) is -1.08. The van der Waals surface area contributed by atoms with Crippen LogP contribution in [0.25, 0.3) is 0 Å². The Bertz CT molecular complexity index is 869. The number of nitrogens with zero attached hydrogens (tertiary/aromatic N) is 3. The van der Waals surface area contributed by atoms with Crippen LogP contribution in [0.4, 0.5) is 20.2 Å². The Morgan fingerprint density at radius 3 is 2.48 bits per heavy atom. The van der Waals surface area contributed by atoms with Gasteiger partial charge in [0.1, 0.15) is 11.6 Å². The first-order chi connectivity index (χ1) is 12.9. The zero-order chi connectivity index (χ0) is 19.4. The number of nitrogens with one attached hydrogen (secondary N) is 1. The van der Waals surface area contributed by atoms with Gasteiger partial charge in [0.25, 0.3) is 0 Å². The zero-order valence-electron chi connectivity index (χ0n) is 14.3. The van der Waals surface area contributed by atoms with E-state index in [9.17, 15) is 8.78 Å². The number of anilines is 2. The van der Waals surface area contributed by atoms with Crippen LogP contribution in [-0.2, 0) is 0 Å². The third-order valence-corrected chi connectivity index (χ3v) is 4.56. The second kappa shape index (κ2) is 8.49. The Balaban J connectivity index is 1.70. The van der Waals surface area contributed by atoms with Crippen LogP contribution in [0.1, 0.15) is 5.56 Å². The molecule has 0 bridgehead atoms. The molecular weight excluding hydrogens is 392 g/mol. The van der Waals surface area contributed by atoms with Crippen molar-refractivity contribution in [3.63, 3.8) is 0 Å². The molecule has 142 valence electrons. The van der Waals surface area contributed by atoms with Gasteiger partial charge in [0, 0.05) is 48.5 Å². The molecule has 2 aromatic carbocycles. The molecule has 5 nitrogen and oxygen atoms in total. The molecule has 1 aliphatic heterocycles. The lowest BCUT2D eigenvalue weighted by Crippen LogP contribution is -2.46. The predicted octanol–water partition coefficient (Wildman–Crippen LogP) is 3.11. The molecule has 0 amide bonds. The van der Waals surface area contributed by atoms with Crippen LogP contribution in [-0.4, -0.2) is 37.5 Å². The van der Waals surface area contributed by atoms with E-state index >= 15 is 0 Å². The van der Waals surface area contributed by atoms with E-state index in [0.717, 1.165) is 18.0 Å². The number of halogens is 3. The number of rotatable bonds is 4. The van der Waals surface area contributed by atoms with Gasteiger partial charge in [0.15, 0.2) is 5.11 Å². The van der Waals surface area contributed by atoms with Crippen LogP contribution in [0.5, 0.6) is 0 Å². The van der Waals surface area contributed by atoms with Crippen molar-refractivity contribution >= 4 is 46.5 Å². The Hall–Kier alpha value is -2.45. The summed E-state index contributed by atoms with van der Waals surface area (Å²) in [5.41, 5.74) is 8.80. The molecular formula is C18H18ClF2N5S. The Morgan fingerprint density at radius 1 is 1.11 bits per heavy atom. The van der Waals surface area contributed by atoms with Gasteiger partial charge in [-0.3, -0.25) is 5.43 Å². The van der Waals surface area contributed by atoms with Crippen molar-refractivity contribution in [3.05, 3.63) is 58.6 Å². The molecule has 1 aliphatic rings. The number of thiocarbonyl (C=S) groups is 1. The summed E-state index contributed by atoms with van der Waals surface area (Å²) < 4.78 is 28.8. The summed E-state index contributed by atoms with van der Waals surface area (Å²) in [6, 6.07) is 9.89. The lowest BCUT2D eigenvalue weighted by Gasteiger charge is -2.37. The summed E-state index contributed by atoms with van der Waals surface area (Å²) >= 11 is 10.6. The number of nitrogens with two attached hydrogens (primary N) is 1. The van der Waals surface area contributed by atoms with E-state index in [4.69, 9.17) is 17.3 Å². The first-order valence-electron chi connectivity index (χ1n) is 8.27. The molecule has 1 saturated heterocycles. The third kappa shape index (κ3) is 4.84. The highest BCUT2D eigenvalue weighted by Crippen LogP contribution is 2.26. The maximum Gasteiger partial charge on any atom is 0.184 e. The van der Waals surface area contributed by atoms with Crippen molar-refractivity contribution in [3.8, 4) is 0 Å². The van der Waals surface area contributed by atoms with Crippen LogP contribution in [0.3, 0.4) is 0 Å². The Morgan fingerprint density at radius 2 is 1.81 bits per heavy atom. The number of piperazine rings is 1. The average Bonchev–Trinajstić information content (AvgIpc) is 2.64. The maximum atomic E-state index is 14.5. The Labute approximate surface area is 166 Å². The van der Waals surface area contributed by atoms with Crippen LogP contribution in [0.2, 0.25) is 5.02 Å². The van der Waals surface area contributed by atoms with Gasteiger partial charge in [0.2, 0.25) is 0 Å². The minimum Gasteiger partial charge on any atom is -0.375 e. The van der Waals surface area contributed by atoms with E-state index in [0.29, 0.717) is 31.2 Å². The van der Waals surface area contributed by atoms with Crippen LogP contribution in [0.15, 0.2) is 41.5 Å². The van der Waals surface area contributed by atoms with Gasteiger partial charge in [-0.25, -0.2) is 8.78 Å². The van der Waals surface area contributed by atoms with Gasteiger partial charge in [-0.2, -0.15) is 5.10 Å². The van der Waals surface area contributed by atoms with Crippen molar-refractivity contribution in [2.45, 2.75) is 0 Å². The lowest BCUT2D eigenvalue weighted by molar-refractivity contribution is 0.579. The number of benzene rings is 2. The highest BCUT2D eigenvalue weighted by molar-refractivity contribution is 7.80. The van der Waals surface area contributed by atoms with E-state index in [1.807, 2.05) is 29.2 Å². The van der Waals surface area contributed by atoms with Crippen molar-refractivity contribution in [2.24, 2.45) is 10.8 Å². The summed E-state index contributed by atoms with van der Waals surface area (Å²) in [4.78, 5) is 3.99. The fourth-order valence-electron chi connectivity index (χ4n) is 2.94. The van der Waals surface area contributed by atoms with E-state index in [2.05, 4.69) is 27.6 Å². The van der Waals surface area contributed by atoms with E-state index < -0.39 is 11.6 Å². The molecule has 0 saturated carbocycles.